The zero-order chi connectivity index (χ0) is 16.9. The van der Waals surface area contributed by atoms with E-state index in [0.717, 1.165) is 16.8 Å². The lowest BCUT2D eigenvalue weighted by atomic mass is 10.1. The summed E-state index contributed by atoms with van der Waals surface area (Å²) in [4.78, 5) is 17.3. The number of aromatic nitrogens is 1. The molecule has 0 saturated heterocycles. The zero-order valence-corrected chi connectivity index (χ0v) is 13.6. The van der Waals surface area contributed by atoms with Gasteiger partial charge in [0.15, 0.2) is 5.84 Å². The molecule has 1 aromatic heterocycles. The van der Waals surface area contributed by atoms with Crippen molar-refractivity contribution in [1.29, 1.82) is 0 Å². The Morgan fingerprint density at radius 2 is 2.25 bits per heavy atom. The van der Waals surface area contributed by atoms with Crippen LogP contribution in [0.4, 0.5) is 5.69 Å². The minimum absolute atomic E-state index is 0.122. The third kappa shape index (κ3) is 3.45. The van der Waals surface area contributed by atoms with Gasteiger partial charge in [-0.2, -0.15) is 5.10 Å². The average molecular weight is 325 g/mol. The number of methoxy groups -OCH3 is 1. The SMILES string of the molecule is COc1cc(C2=NNC(=O)CN2C)ccc1NCc1cccnc1. The Hall–Kier alpha value is -3.09. The van der Waals surface area contributed by atoms with E-state index in [1.54, 1.807) is 18.2 Å². The molecule has 0 saturated carbocycles. The van der Waals surface area contributed by atoms with E-state index in [-0.39, 0.29) is 12.5 Å². The molecule has 1 aliphatic heterocycles. The van der Waals surface area contributed by atoms with Gasteiger partial charge >= 0.3 is 0 Å². The molecule has 1 aromatic carbocycles. The first-order valence-electron chi connectivity index (χ1n) is 7.56. The molecule has 0 radical (unpaired) electrons. The van der Waals surface area contributed by atoms with Gasteiger partial charge in [0.1, 0.15) is 5.75 Å². The number of hydrogen-bond acceptors (Lipinski definition) is 6. The first-order valence-corrected chi connectivity index (χ1v) is 7.56. The lowest BCUT2D eigenvalue weighted by molar-refractivity contribution is -0.121. The first kappa shape index (κ1) is 15.8. The van der Waals surface area contributed by atoms with Crippen molar-refractivity contribution >= 4 is 17.4 Å². The number of hydrazone groups is 1. The second-order valence-electron chi connectivity index (χ2n) is 5.46. The van der Waals surface area contributed by atoms with Gasteiger partial charge in [-0.15, -0.1) is 0 Å². The number of amides is 1. The van der Waals surface area contributed by atoms with Crippen LogP contribution in [0.3, 0.4) is 0 Å². The molecule has 0 atom stereocenters. The molecule has 0 aliphatic carbocycles. The van der Waals surface area contributed by atoms with E-state index in [9.17, 15) is 4.79 Å². The molecule has 2 aromatic rings. The van der Waals surface area contributed by atoms with Gasteiger partial charge < -0.3 is 15.0 Å². The molecule has 0 bridgehead atoms. The molecule has 0 unspecified atom stereocenters. The minimum atomic E-state index is -0.122. The van der Waals surface area contributed by atoms with Crippen LogP contribution in [-0.2, 0) is 11.3 Å². The number of benzene rings is 1. The molecule has 7 heteroatoms. The maximum Gasteiger partial charge on any atom is 0.259 e. The number of ether oxygens (including phenoxy) is 1. The van der Waals surface area contributed by atoms with Crippen molar-refractivity contribution < 1.29 is 9.53 Å². The molecular formula is C17H19N5O2. The molecule has 2 heterocycles. The smallest absolute Gasteiger partial charge is 0.259 e. The number of hydrogen-bond donors (Lipinski definition) is 2. The van der Waals surface area contributed by atoms with Crippen molar-refractivity contribution in [3.63, 3.8) is 0 Å². The van der Waals surface area contributed by atoms with Crippen molar-refractivity contribution in [2.45, 2.75) is 6.54 Å². The van der Waals surface area contributed by atoms with Crippen molar-refractivity contribution in [2.75, 3.05) is 26.0 Å². The van der Waals surface area contributed by atoms with Crippen LogP contribution >= 0.6 is 0 Å². The highest BCUT2D eigenvalue weighted by Gasteiger charge is 2.19. The number of nitrogens with one attached hydrogen (secondary N) is 2. The fraction of sp³-hybridized carbons (Fsp3) is 0.235. The third-order valence-corrected chi connectivity index (χ3v) is 3.69. The van der Waals surface area contributed by atoms with Gasteiger partial charge in [0.05, 0.1) is 19.3 Å². The van der Waals surface area contributed by atoms with Crippen LogP contribution in [0, 0.1) is 0 Å². The van der Waals surface area contributed by atoms with Gasteiger partial charge in [-0.3, -0.25) is 9.78 Å². The Labute approximate surface area is 140 Å². The average Bonchev–Trinajstić information content (AvgIpc) is 2.61. The fourth-order valence-electron chi connectivity index (χ4n) is 2.49. The van der Waals surface area contributed by atoms with E-state index in [0.29, 0.717) is 18.1 Å². The highest BCUT2D eigenvalue weighted by atomic mass is 16.5. The van der Waals surface area contributed by atoms with Gasteiger partial charge in [-0.1, -0.05) is 6.07 Å². The third-order valence-electron chi connectivity index (χ3n) is 3.69. The highest BCUT2D eigenvalue weighted by molar-refractivity contribution is 6.03. The summed E-state index contributed by atoms with van der Waals surface area (Å²) in [6.45, 7) is 0.933. The summed E-state index contributed by atoms with van der Waals surface area (Å²) in [5.41, 5.74) is 5.35. The van der Waals surface area contributed by atoms with Gasteiger partial charge in [0.2, 0.25) is 0 Å². The van der Waals surface area contributed by atoms with Crippen molar-refractivity contribution in [1.82, 2.24) is 15.3 Å². The number of amidine groups is 1. The van der Waals surface area contributed by atoms with Crippen LogP contribution in [0.1, 0.15) is 11.1 Å². The number of likely N-dealkylation sites (N-methyl/N-ethyl adjacent to an activating group) is 1. The topological polar surface area (TPSA) is 78.8 Å². The van der Waals surface area contributed by atoms with Crippen LogP contribution in [0.5, 0.6) is 5.75 Å². The molecule has 2 N–H and O–H groups in total. The van der Waals surface area contributed by atoms with Crippen LogP contribution in [-0.4, -0.2) is 42.3 Å². The summed E-state index contributed by atoms with van der Waals surface area (Å²) in [5, 5.41) is 7.46. The summed E-state index contributed by atoms with van der Waals surface area (Å²) < 4.78 is 5.48. The fourth-order valence-corrected chi connectivity index (χ4v) is 2.49. The van der Waals surface area contributed by atoms with E-state index in [2.05, 4.69) is 20.8 Å². The molecule has 0 fully saturated rings. The lowest BCUT2D eigenvalue weighted by Crippen LogP contribution is -2.43. The Kier molecular flexibility index (Phi) is 4.60. The highest BCUT2D eigenvalue weighted by Crippen LogP contribution is 2.27. The molecule has 124 valence electrons. The Balaban J connectivity index is 1.79. The number of anilines is 1. The standard InChI is InChI=1S/C17H19N5O2/c1-22-11-16(23)20-21-17(22)13-5-6-14(15(8-13)24-2)19-10-12-4-3-7-18-9-12/h3-9,19H,10-11H2,1-2H3,(H,20,23). The van der Waals surface area contributed by atoms with E-state index in [1.165, 1.54) is 0 Å². The second-order valence-corrected chi connectivity index (χ2v) is 5.46. The number of rotatable bonds is 5. The van der Waals surface area contributed by atoms with Crippen LogP contribution in [0.15, 0.2) is 47.8 Å². The largest absolute Gasteiger partial charge is 0.495 e. The van der Waals surface area contributed by atoms with E-state index in [4.69, 9.17) is 4.74 Å². The molecule has 24 heavy (non-hydrogen) atoms. The second kappa shape index (κ2) is 6.99. The minimum Gasteiger partial charge on any atom is -0.495 e. The first-order chi connectivity index (χ1) is 11.7. The summed E-state index contributed by atoms with van der Waals surface area (Å²) in [6, 6.07) is 9.70. The maximum absolute atomic E-state index is 11.3. The van der Waals surface area contributed by atoms with Crippen molar-refractivity contribution in [2.24, 2.45) is 5.10 Å². The zero-order valence-electron chi connectivity index (χ0n) is 13.6. The number of pyridine rings is 1. The van der Waals surface area contributed by atoms with Crippen LogP contribution in [0.2, 0.25) is 0 Å². The number of carbonyl (C=O) groups excluding carboxylic acids is 1. The molecule has 0 spiro atoms. The van der Waals surface area contributed by atoms with E-state index >= 15 is 0 Å². The monoisotopic (exact) mass is 325 g/mol. The predicted octanol–water partition coefficient (Wildman–Crippen LogP) is 1.43. The van der Waals surface area contributed by atoms with E-state index in [1.807, 2.05) is 43.6 Å². The summed E-state index contributed by atoms with van der Waals surface area (Å²) in [6.07, 6.45) is 3.57. The quantitative estimate of drug-likeness (QED) is 0.869. The number of nitrogens with zero attached hydrogens (tertiary/aromatic N) is 3. The van der Waals surface area contributed by atoms with Gasteiger partial charge in [0.25, 0.3) is 5.91 Å². The van der Waals surface area contributed by atoms with Gasteiger partial charge in [-0.05, 0) is 29.8 Å². The molecule has 1 aliphatic rings. The Morgan fingerprint density at radius 1 is 1.38 bits per heavy atom. The van der Waals surface area contributed by atoms with Crippen LogP contribution < -0.4 is 15.5 Å². The van der Waals surface area contributed by atoms with Crippen molar-refractivity contribution in [3.8, 4) is 5.75 Å². The van der Waals surface area contributed by atoms with Crippen LogP contribution in [0.25, 0.3) is 0 Å². The predicted molar refractivity (Wildman–Crippen MR) is 91.9 cm³/mol. The molecule has 3 rings (SSSR count). The normalized spacial score (nSPS) is 14.0. The summed E-state index contributed by atoms with van der Waals surface area (Å²) >= 11 is 0. The molecule has 7 nitrogen and oxygen atoms in total. The van der Waals surface area contributed by atoms with Gasteiger partial charge in [-0.25, -0.2) is 5.43 Å². The van der Waals surface area contributed by atoms with Crippen molar-refractivity contribution in [3.05, 3.63) is 53.9 Å². The Bertz CT molecular complexity index is 761. The maximum atomic E-state index is 11.3. The molecular weight excluding hydrogens is 306 g/mol. The molecule has 1 amide bonds. The Morgan fingerprint density at radius 3 is 2.96 bits per heavy atom. The van der Waals surface area contributed by atoms with Gasteiger partial charge in [0, 0.05) is 31.5 Å². The summed E-state index contributed by atoms with van der Waals surface area (Å²) in [5.74, 6) is 1.29. The van der Waals surface area contributed by atoms with E-state index < -0.39 is 0 Å². The summed E-state index contributed by atoms with van der Waals surface area (Å²) in [7, 11) is 3.46. The lowest BCUT2D eigenvalue weighted by Gasteiger charge is -2.25. The number of carbonyl (C=O) groups is 1.